The van der Waals surface area contributed by atoms with Crippen molar-refractivity contribution < 1.29 is 0 Å². The summed E-state index contributed by atoms with van der Waals surface area (Å²) in [5.41, 5.74) is 3.56. The van der Waals surface area contributed by atoms with Gasteiger partial charge in [0.15, 0.2) is 0 Å². The van der Waals surface area contributed by atoms with Crippen LogP contribution in [0.2, 0.25) is 0 Å². The van der Waals surface area contributed by atoms with E-state index in [1.807, 2.05) is 0 Å². The Morgan fingerprint density at radius 2 is 2.00 bits per heavy atom. The fourth-order valence-electron chi connectivity index (χ4n) is 2.18. The summed E-state index contributed by atoms with van der Waals surface area (Å²) in [7, 11) is 0. The van der Waals surface area contributed by atoms with Crippen molar-refractivity contribution in [2.24, 2.45) is 5.41 Å². The van der Waals surface area contributed by atoms with E-state index in [-0.39, 0.29) is 0 Å². The van der Waals surface area contributed by atoms with E-state index in [2.05, 4.69) is 39.8 Å². The van der Waals surface area contributed by atoms with Crippen molar-refractivity contribution in [3.63, 3.8) is 0 Å². The molecule has 0 saturated heterocycles. The van der Waals surface area contributed by atoms with Gasteiger partial charge >= 0.3 is 0 Å². The first kappa shape index (κ1) is 9.57. The second-order valence-electron chi connectivity index (χ2n) is 4.43. The smallest absolute Gasteiger partial charge is 0.0104 e. The van der Waals surface area contributed by atoms with Crippen LogP contribution in [0.15, 0.2) is 23.3 Å². The summed E-state index contributed by atoms with van der Waals surface area (Å²) in [5, 5.41) is 0. The number of rotatable bonds is 1. The molecule has 12 heavy (non-hydrogen) atoms. The normalized spacial score (nSPS) is 23.7. The predicted octanol–water partition coefficient (Wildman–Crippen LogP) is 4.09. The molecule has 1 rings (SSSR count). The van der Waals surface area contributed by atoms with Gasteiger partial charge in [-0.05, 0) is 44.1 Å². The molecule has 68 valence electrons. The van der Waals surface area contributed by atoms with Crippen molar-refractivity contribution in [2.45, 2.75) is 47.0 Å². The molecule has 0 spiro atoms. The third-order valence-corrected chi connectivity index (χ3v) is 2.88. The van der Waals surface area contributed by atoms with Crippen molar-refractivity contribution in [2.75, 3.05) is 0 Å². The molecule has 1 aliphatic carbocycles. The molecule has 0 N–H and O–H groups in total. The van der Waals surface area contributed by atoms with Gasteiger partial charge in [-0.2, -0.15) is 0 Å². The average Bonchev–Trinajstić information content (AvgIpc) is 1.97. The maximum absolute atomic E-state index is 2.35. The Balaban J connectivity index is 3.00. The molecular formula is C12H20. The third kappa shape index (κ3) is 1.80. The van der Waals surface area contributed by atoms with Crippen LogP contribution in [0.5, 0.6) is 0 Å². The Morgan fingerprint density at radius 3 is 2.50 bits per heavy atom. The number of allylic oxidation sites excluding steroid dienone is 4. The minimum Gasteiger partial charge on any atom is -0.0874 e. The van der Waals surface area contributed by atoms with Gasteiger partial charge in [0.1, 0.15) is 0 Å². The monoisotopic (exact) mass is 164 g/mol. The van der Waals surface area contributed by atoms with Crippen LogP contribution in [0.3, 0.4) is 0 Å². The van der Waals surface area contributed by atoms with Crippen LogP contribution in [0.1, 0.15) is 47.0 Å². The lowest BCUT2D eigenvalue weighted by Crippen LogP contribution is -2.18. The molecule has 0 aromatic rings. The van der Waals surface area contributed by atoms with Crippen LogP contribution >= 0.6 is 0 Å². The van der Waals surface area contributed by atoms with E-state index in [0.717, 1.165) is 0 Å². The summed E-state index contributed by atoms with van der Waals surface area (Å²) in [6.07, 6.45) is 8.44. The lowest BCUT2D eigenvalue weighted by molar-refractivity contribution is 0.376. The Hall–Kier alpha value is -0.520. The second-order valence-corrected chi connectivity index (χ2v) is 4.43. The van der Waals surface area contributed by atoms with Crippen molar-refractivity contribution in [1.29, 1.82) is 0 Å². The number of hydrogen-bond donors (Lipinski definition) is 0. The van der Waals surface area contributed by atoms with Gasteiger partial charge in [0.05, 0.1) is 0 Å². The molecule has 0 atom stereocenters. The van der Waals surface area contributed by atoms with Crippen LogP contribution in [-0.4, -0.2) is 0 Å². The summed E-state index contributed by atoms with van der Waals surface area (Å²) >= 11 is 0. The molecule has 0 radical (unpaired) electrons. The molecule has 0 aromatic heterocycles. The molecule has 0 heterocycles. The van der Waals surface area contributed by atoms with Gasteiger partial charge < -0.3 is 0 Å². The summed E-state index contributed by atoms with van der Waals surface area (Å²) < 4.78 is 0. The van der Waals surface area contributed by atoms with E-state index in [1.54, 1.807) is 11.1 Å². The molecular weight excluding hydrogens is 144 g/mol. The van der Waals surface area contributed by atoms with Crippen LogP contribution in [-0.2, 0) is 0 Å². The first-order chi connectivity index (χ1) is 5.58. The highest BCUT2D eigenvalue weighted by Gasteiger charge is 2.26. The van der Waals surface area contributed by atoms with Gasteiger partial charge in [0, 0.05) is 0 Å². The quantitative estimate of drug-likeness (QED) is 0.547. The van der Waals surface area contributed by atoms with Gasteiger partial charge in [0.25, 0.3) is 0 Å². The summed E-state index contributed by atoms with van der Waals surface area (Å²) in [6, 6.07) is 0. The zero-order chi connectivity index (χ0) is 9.19. The average molecular weight is 164 g/mol. The molecule has 0 aliphatic heterocycles. The zero-order valence-electron chi connectivity index (χ0n) is 8.78. The van der Waals surface area contributed by atoms with E-state index in [9.17, 15) is 0 Å². The van der Waals surface area contributed by atoms with Crippen molar-refractivity contribution in [3.05, 3.63) is 23.3 Å². The van der Waals surface area contributed by atoms with E-state index >= 15 is 0 Å². The molecule has 0 amide bonds. The van der Waals surface area contributed by atoms with E-state index in [1.165, 1.54) is 19.3 Å². The van der Waals surface area contributed by atoms with Gasteiger partial charge in [-0.1, -0.05) is 31.6 Å². The molecule has 0 bridgehead atoms. The molecule has 0 nitrogen and oxygen atoms in total. The number of hydrogen-bond acceptors (Lipinski definition) is 0. The highest BCUT2D eigenvalue weighted by atomic mass is 14.3. The van der Waals surface area contributed by atoms with E-state index in [0.29, 0.717) is 5.41 Å². The molecule has 1 aliphatic rings. The minimum atomic E-state index is 0.412. The van der Waals surface area contributed by atoms with Crippen LogP contribution in [0.4, 0.5) is 0 Å². The topological polar surface area (TPSA) is 0 Å². The van der Waals surface area contributed by atoms with Crippen molar-refractivity contribution in [1.82, 2.24) is 0 Å². The van der Waals surface area contributed by atoms with Crippen molar-refractivity contribution >= 4 is 0 Å². The van der Waals surface area contributed by atoms with E-state index < -0.39 is 0 Å². The second kappa shape index (κ2) is 3.47. The molecule has 0 fully saturated rings. The van der Waals surface area contributed by atoms with Crippen molar-refractivity contribution in [3.8, 4) is 0 Å². The first-order valence-corrected chi connectivity index (χ1v) is 4.91. The fraction of sp³-hybridized carbons (Fsp3) is 0.667. The SMILES string of the molecule is C/C=C/C1=C(C)CCCC1(C)C. The Morgan fingerprint density at radius 1 is 1.33 bits per heavy atom. The van der Waals surface area contributed by atoms with E-state index in [4.69, 9.17) is 0 Å². The van der Waals surface area contributed by atoms with Crippen LogP contribution in [0.25, 0.3) is 0 Å². The largest absolute Gasteiger partial charge is 0.0874 e. The highest BCUT2D eigenvalue weighted by Crippen LogP contribution is 2.40. The lowest BCUT2D eigenvalue weighted by atomic mass is 9.73. The predicted molar refractivity (Wildman–Crippen MR) is 55.1 cm³/mol. The molecule has 0 unspecified atom stereocenters. The maximum Gasteiger partial charge on any atom is -0.0104 e. The van der Waals surface area contributed by atoms with Gasteiger partial charge in [-0.25, -0.2) is 0 Å². The summed E-state index contributed by atoms with van der Waals surface area (Å²) in [6.45, 7) is 9.08. The fourth-order valence-corrected chi connectivity index (χ4v) is 2.18. The van der Waals surface area contributed by atoms with Gasteiger partial charge in [-0.3, -0.25) is 0 Å². The van der Waals surface area contributed by atoms with Crippen LogP contribution in [0, 0.1) is 5.41 Å². The Labute approximate surface area is 76.4 Å². The summed E-state index contributed by atoms with van der Waals surface area (Å²) in [4.78, 5) is 0. The summed E-state index contributed by atoms with van der Waals surface area (Å²) in [5.74, 6) is 0. The third-order valence-electron chi connectivity index (χ3n) is 2.88. The highest BCUT2D eigenvalue weighted by molar-refractivity contribution is 5.32. The molecule has 0 saturated carbocycles. The Bertz CT molecular complexity index is 216. The molecule has 0 aromatic carbocycles. The van der Waals surface area contributed by atoms with Gasteiger partial charge in [-0.15, -0.1) is 0 Å². The molecule has 0 heteroatoms. The maximum atomic E-state index is 2.35. The van der Waals surface area contributed by atoms with Gasteiger partial charge in [0.2, 0.25) is 0 Å². The zero-order valence-corrected chi connectivity index (χ0v) is 8.78. The minimum absolute atomic E-state index is 0.412. The standard InChI is InChI=1S/C12H20/c1-5-7-11-10(2)8-6-9-12(11,3)4/h5,7H,6,8-9H2,1-4H3/b7-5+. The first-order valence-electron chi connectivity index (χ1n) is 4.91. The Kier molecular flexibility index (Phi) is 2.76. The lowest BCUT2D eigenvalue weighted by Gasteiger charge is -2.32. The van der Waals surface area contributed by atoms with Crippen LogP contribution < -0.4 is 0 Å².